The molecule has 1 heterocycles. The van der Waals surface area contributed by atoms with Gasteiger partial charge in [0.1, 0.15) is 5.82 Å². The van der Waals surface area contributed by atoms with Crippen molar-refractivity contribution in [2.24, 2.45) is 0 Å². The third-order valence-corrected chi connectivity index (χ3v) is 3.77. The third kappa shape index (κ3) is 2.45. The molecular weight excluding hydrogens is 329 g/mol. The van der Waals surface area contributed by atoms with Crippen LogP contribution in [0.3, 0.4) is 0 Å². The van der Waals surface area contributed by atoms with Crippen molar-refractivity contribution in [1.29, 1.82) is 0 Å². The van der Waals surface area contributed by atoms with Crippen LogP contribution in [-0.4, -0.2) is 26.1 Å². The van der Waals surface area contributed by atoms with E-state index >= 15 is 0 Å². The molecule has 7 heteroatoms. The van der Waals surface area contributed by atoms with E-state index < -0.39 is 5.97 Å². The van der Waals surface area contributed by atoms with E-state index in [1.165, 1.54) is 10.7 Å². The number of benzene rings is 1. The van der Waals surface area contributed by atoms with E-state index in [2.05, 4.69) is 26.2 Å². The Kier molecular flexibility index (Phi) is 3.29. The van der Waals surface area contributed by atoms with E-state index in [0.29, 0.717) is 15.7 Å². The van der Waals surface area contributed by atoms with Crippen molar-refractivity contribution >= 4 is 21.9 Å². The first-order valence-electron chi connectivity index (χ1n) is 6.17. The molecule has 0 bridgehead atoms. The van der Waals surface area contributed by atoms with Gasteiger partial charge >= 0.3 is 5.97 Å². The van der Waals surface area contributed by atoms with Gasteiger partial charge in [-0.2, -0.15) is 0 Å². The lowest BCUT2D eigenvalue weighted by Gasteiger charge is -2.07. The standard InChI is InChI=1S/C13H11BrFN3O2/c14-9-4-3-8(10(15)5-9)6-18-12(7-1-2-7)11(13(19)20)16-17-18/h3-5,7H,1-2,6H2,(H,19,20). The summed E-state index contributed by atoms with van der Waals surface area (Å²) in [6.07, 6.45) is 1.85. The van der Waals surface area contributed by atoms with Crippen molar-refractivity contribution in [3.05, 3.63) is 45.4 Å². The molecule has 3 rings (SSSR count). The van der Waals surface area contributed by atoms with Gasteiger partial charge in [0.25, 0.3) is 0 Å². The second-order valence-corrected chi connectivity index (χ2v) is 5.71. The van der Waals surface area contributed by atoms with Crippen LogP contribution in [0, 0.1) is 5.82 Å². The summed E-state index contributed by atoms with van der Waals surface area (Å²) in [5, 5.41) is 16.7. The highest BCUT2D eigenvalue weighted by atomic mass is 79.9. The normalized spacial score (nSPS) is 14.5. The van der Waals surface area contributed by atoms with Gasteiger partial charge < -0.3 is 5.11 Å². The summed E-state index contributed by atoms with van der Waals surface area (Å²) in [5.41, 5.74) is 1.03. The monoisotopic (exact) mass is 339 g/mol. The minimum atomic E-state index is -1.09. The Bertz CT molecular complexity index is 682. The van der Waals surface area contributed by atoms with Crippen molar-refractivity contribution in [1.82, 2.24) is 15.0 Å². The number of nitrogens with zero attached hydrogens (tertiary/aromatic N) is 3. The molecule has 104 valence electrons. The van der Waals surface area contributed by atoms with Crippen molar-refractivity contribution in [2.45, 2.75) is 25.3 Å². The molecule has 0 saturated heterocycles. The number of carboxylic acid groups (broad SMARTS) is 1. The topological polar surface area (TPSA) is 68.0 Å². The summed E-state index contributed by atoms with van der Waals surface area (Å²) in [4.78, 5) is 11.1. The first-order chi connectivity index (χ1) is 9.56. The Morgan fingerprint density at radius 1 is 1.50 bits per heavy atom. The number of carbonyl (C=O) groups is 1. The van der Waals surface area contributed by atoms with Crippen molar-refractivity contribution in [3.8, 4) is 0 Å². The molecule has 0 amide bonds. The van der Waals surface area contributed by atoms with Gasteiger partial charge in [-0.1, -0.05) is 27.2 Å². The number of aromatic carboxylic acids is 1. The molecule has 1 aliphatic carbocycles. The largest absolute Gasteiger partial charge is 0.476 e. The number of halogens is 2. The highest BCUT2D eigenvalue weighted by molar-refractivity contribution is 9.10. The van der Waals surface area contributed by atoms with Gasteiger partial charge in [-0.05, 0) is 25.0 Å². The molecule has 0 unspecified atom stereocenters. The Hall–Kier alpha value is -1.76. The van der Waals surface area contributed by atoms with Gasteiger partial charge in [0.15, 0.2) is 5.69 Å². The van der Waals surface area contributed by atoms with E-state index in [-0.39, 0.29) is 24.0 Å². The molecule has 1 aliphatic rings. The van der Waals surface area contributed by atoms with Crippen molar-refractivity contribution < 1.29 is 14.3 Å². The SMILES string of the molecule is O=C(O)c1nnn(Cc2ccc(Br)cc2F)c1C1CC1. The maximum Gasteiger partial charge on any atom is 0.358 e. The summed E-state index contributed by atoms with van der Waals surface area (Å²) in [5.74, 6) is -1.27. The van der Waals surface area contributed by atoms with Crippen LogP contribution in [0.4, 0.5) is 4.39 Å². The zero-order valence-electron chi connectivity index (χ0n) is 10.4. The van der Waals surface area contributed by atoms with Crippen molar-refractivity contribution in [3.63, 3.8) is 0 Å². The lowest BCUT2D eigenvalue weighted by atomic mass is 10.2. The zero-order valence-corrected chi connectivity index (χ0v) is 12.0. The highest BCUT2D eigenvalue weighted by Crippen LogP contribution is 2.41. The van der Waals surface area contributed by atoms with Crippen LogP contribution in [0.2, 0.25) is 0 Å². The van der Waals surface area contributed by atoms with Gasteiger partial charge in [-0.25, -0.2) is 13.9 Å². The Labute approximate surface area is 122 Å². The van der Waals surface area contributed by atoms with E-state index in [0.717, 1.165) is 12.8 Å². The second kappa shape index (κ2) is 4.97. The molecule has 5 nitrogen and oxygen atoms in total. The lowest BCUT2D eigenvalue weighted by molar-refractivity contribution is 0.0689. The number of hydrogen-bond donors (Lipinski definition) is 1. The van der Waals surface area contributed by atoms with Crippen LogP contribution in [-0.2, 0) is 6.54 Å². The fourth-order valence-corrected chi connectivity index (χ4v) is 2.49. The first-order valence-corrected chi connectivity index (χ1v) is 6.96. The maximum absolute atomic E-state index is 13.8. The Balaban J connectivity index is 1.96. The molecule has 0 atom stereocenters. The second-order valence-electron chi connectivity index (χ2n) is 4.80. The predicted molar refractivity (Wildman–Crippen MR) is 72.2 cm³/mol. The smallest absolute Gasteiger partial charge is 0.358 e. The molecule has 2 aromatic rings. The molecule has 1 saturated carbocycles. The van der Waals surface area contributed by atoms with Crippen molar-refractivity contribution in [2.75, 3.05) is 0 Å². The summed E-state index contributed by atoms with van der Waals surface area (Å²) >= 11 is 3.20. The Morgan fingerprint density at radius 3 is 2.85 bits per heavy atom. The molecule has 0 aliphatic heterocycles. The summed E-state index contributed by atoms with van der Waals surface area (Å²) in [6, 6.07) is 4.77. The molecule has 1 aromatic heterocycles. The molecule has 0 radical (unpaired) electrons. The minimum Gasteiger partial charge on any atom is -0.476 e. The molecular formula is C13H11BrFN3O2. The fraction of sp³-hybridized carbons (Fsp3) is 0.308. The lowest BCUT2D eigenvalue weighted by Crippen LogP contribution is -2.09. The zero-order chi connectivity index (χ0) is 14.3. The fourth-order valence-electron chi connectivity index (χ4n) is 2.16. The summed E-state index contributed by atoms with van der Waals surface area (Å²) in [6.45, 7) is 0.186. The van der Waals surface area contributed by atoms with Crippen LogP contribution in [0.5, 0.6) is 0 Å². The van der Waals surface area contributed by atoms with Gasteiger partial charge in [0.05, 0.1) is 12.2 Å². The quantitative estimate of drug-likeness (QED) is 0.929. The van der Waals surface area contributed by atoms with E-state index in [4.69, 9.17) is 5.11 Å². The van der Waals surface area contributed by atoms with Gasteiger partial charge in [-0.3, -0.25) is 0 Å². The number of carboxylic acids is 1. The molecule has 0 spiro atoms. The number of hydrogen-bond acceptors (Lipinski definition) is 3. The molecule has 1 aromatic carbocycles. The van der Waals surface area contributed by atoms with Crippen LogP contribution in [0.15, 0.2) is 22.7 Å². The maximum atomic E-state index is 13.8. The average Bonchev–Trinajstić information content (AvgIpc) is 3.13. The van der Waals surface area contributed by atoms with Gasteiger partial charge in [0, 0.05) is 16.0 Å². The number of aromatic nitrogens is 3. The Morgan fingerprint density at radius 2 is 2.25 bits per heavy atom. The molecule has 1 N–H and O–H groups in total. The minimum absolute atomic E-state index is 0.0231. The van der Waals surface area contributed by atoms with Crippen LogP contribution in [0.1, 0.15) is 40.5 Å². The van der Waals surface area contributed by atoms with Crippen LogP contribution in [0.25, 0.3) is 0 Å². The summed E-state index contributed by atoms with van der Waals surface area (Å²) in [7, 11) is 0. The van der Waals surface area contributed by atoms with Crippen LogP contribution >= 0.6 is 15.9 Å². The number of rotatable bonds is 4. The first kappa shape index (κ1) is 13.2. The van der Waals surface area contributed by atoms with Crippen LogP contribution < -0.4 is 0 Å². The van der Waals surface area contributed by atoms with E-state index in [9.17, 15) is 9.18 Å². The average molecular weight is 340 g/mol. The third-order valence-electron chi connectivity index (χ3n) is 3.28. The van der Waals surface area contributed by atoms with Gasteiger partial charge in [-0.15, -0.1) is 5.10 Å². The van der Waals surface area contributed by atoms with E-state index in [1.807, 2.05) is 0 Å². The van der Waals surface area contributed by atoms with E-state index in [1.54, 1.807) is 12.1 Å². The molecule has 20 heavy (non-hydrogen) atoms. The molecule has 1 fully saturated rings. The predicted octanol–water partition coefficient (Wildman–Crippen LogP) is 2.80. The highest BCUT2D eigenvalue weighted by Gasteiger charge is 2.33. The van der Waals surface area contributed by atoms with Gasteiger partial charge in [0.2, 0.25) is 0 Å². The summed E-state index contributed by atoms with van der Waals surface area (Å²) < 4.78 is 16.0.